The Labute approximate surface area is 444 Å². The van der Waals surface area contributed by atoms with Gasteiger partial charge in [-0.1, -0.05) is 76.2 Å². The molecular weight excluding hydrogens is 1100 g/mol. The van der Waals surface area contributed by atoms with E-state index >= 15 is 0 Å². The van der Waals surface area contributed by atoms with Crippen molar-refractivity contribution in [2.45, 2.75) is 113 Å². The number of aliphatic hydroxyl groups excluding tert-OH is 3. The van der Waals surface area contributed by atoms with Gasteiger partial charge in [0.25, 0.3) is 0 Å². The topological polar surface area (TPSA) is 352 Å². The highest BCUT2D eigenvalue weighted by molar-refractivity contribution is 14.1. The lowest BCUT2D eigenvalue weighted by Gasteiger charge is -2.29. The fraction of sp³-hybridized carbons (Fsp3) is 0.449. The molecule has 3 aromatic carbocycles. The first-order chi connectivity index (χ1) is 34.9. The summed E-state index contributed by atoms with van der Waals surface area (Å²) in [7, 11) is 2.01. The molecule has 1 aliphatic rings. The van der Waals surface area contributed by atoms with Gasteiger partial charge < -0.3 is 74.1 Å². The molecule has 0 bridgehead atoms. The standard InChI is InChI=1S/C49H65IN10O11S2/c1-26(62)38(23-61)57-48(70)40-25-73-72-24-39(58-43(65)33(52)19-28-10-4-3-5-11-28)47(69)55-36(20-29-15-16-41(64)32(50)18-29)45(67)56-37(21-30-22-53-34-13-7-6-12-31(30)34)46(68)54-35(14-8-9-17-51)44(66)60-42(27(2)63)49(71)59-40/h3-7,10-13,15-16,18,22,26-27,33,35-40,42,53,61-64H,8-9,14,17,19-21,23-25,51-52H2,1-2H3,(H,54,68)(H,55,69)(H,56,67)(H,57,70)(H,58,65)(H,59,71)(H,60,66)/t26-,27-,33+,35+,36+,37-,38+,39+,40+,42+/m1/s1. The molecule has 21 nitrogen and oxygen atoms in total. The fourth-order valence-corrected chi connectivity index (χ4v) is 10.7. The van der Waals surface area contributed by atoms with E-state index < -0.39 is 108 Å². The molecule has 1 fully saturated rings. The molecule has 10 atom stereocenters. The van der Waals surface area contributed by atoms with Crippen molar-refractivity contribution in [1.29, 1.82) is 0 Å². The zero-order valence-corrected chi connectivity index (χ0v) is 44.1. The zero-order valence-electron chi connectivity index (χ0n) is 40.3. The molecule has 7 amide bonds. The van der Waals surface area contributed by atoms with Gasteiger partial charge >= 0.3 is 0 Å². The van der Waals surface area contributed by atoms with Crippen molar-refractivity contribution in [3.05, 3.63) is 99.3 Å². The first kappa shape index (κ1) is 58.4. The van der Waals surface area contributed by atoms with Gasteiger partial charge in [0.05, 0.1) is 34.5 Å². The molecule has 0 unspecified atom stereocenters. The van der Waals surface area contributed by atoms with Crippen LogP contribution in [0.3, 0.4) is 0 Å². The van der Waals surface area contributed by atoms with Crippen molar-refractivity contribution in [3.63, 3.8) is 0 Å². The SMILES string of the molecule is C[C@@H](O)[C@H](CO)NC(=O)[C@@H]1CSSC[C@H](NC(=O)[C@@H](N)Cc2ccccc2)C(=O)N[C@@H](Cc2ccc(O)c(I)c2)C(=O)N[C@H](Cc2c[nH]c3ccccc23)C(=O)N[C@@H](CCCCN)C(=O)N[C@@H]([C@@H](C)O)C(=O)N1. The molecular formula is C49H65IN10O11S2. The number of aromatic hydroxyl groups is 1. The number of rotatable bonds is 17. The summed E-state index contributed by atoms with van der Waals surface area (Å²) in [6.07, 6.45) is -0.438. The molecule has 0 aliphatic carbocycles. The number of aromatic nitrogens is 1. The van der Waals surface area contributed by atoms with Gasteiger partial charge in [-0.05, 0) is 104 Å². The number of nitrogens with one attached hydrogen (secondary N) is 8. The molecule has 24 heteroatoms. The number of H-pyrrole nitrogens is 1. The maximum absolute atomic E-state index is 14.8. The Balaban J connectivity index is 1.59. The number of aliphatic hydroxyl groups is 3. The van der Waals surface area contributed by atoms with Crippen LogP contribution in [0.2, 0.25) is 0 Å². The van der Waals surface area contributed by atoms with Crippen molar-refractivity contribution in [2.24, 2.45) is 11.5 Å². The van der Waals surface area contributed by atoms with Gasteiger partial charge in [-0.2, -0.15) is 0 Å². The van der Waals surface area contributed by atoms with Crippen LogP contribution >= 0.6 is 44.2 Å². The summed E-state index contributed by atoms with van der Waals surface area (Å²) < 4.78 is 0.453. The maximum Gasteiger partial charge on any atom is 0.245 e. The third-order valence-corrected chi connectivity index (χ3v) is 15.3. The highest BCUT2D eigenvalue weighted by Gasteiger charge is 2.36. The minimum atomic E-state index is -1.68. The fourth-order valence-electron chi connectivity index (χ4n) is 7.79. The van der Waals surface area contributed by atoms with E-state index in [1.54, 1.807) is 48.7 Å². The summed E-state index contributed by atoms with van der Waals surface area (Å²) in [5, 5.41) is 60.8. The third-order valence-electron chi connectivity index (χ3n) is 12.0. The Bertz CT molecular complexity index is 2520. The lowest BCUT2D eigenvalue weighted by Crippen LogP contribution is -2.62. The predicted octanol–water partition coefficient (Wildman–Crippen LogP) is -0.495. The van der Waals surface area contributed by atoms with Crippen molar-refractivity contribution < 1.29 is 54.0 Å². The van der Waals surface area contributed by atoms with Gasteiger partial charge in [-0.3, -0.25) is 33.6 Å². The Hall–Kier alpha value is -5.48. The summed E-state index contributed by atoms with van der Waals surface area (Å²) in [5.74, 6) is -6.31. The van der Waals surface area contributed by atoms with Crippen LogP contribution in [-0.2, 0) is 52.8 Å². The molecule has 396 valence electrons. The number of benzene rings is 3. The first-order valence-electron chi connectivity index (χ1n) is 23.7. The van der Waals surface area contributed by atoms with E-state index in [1.165, 1.54) is 19.9 Å². The van der Waals surface area contributed by atoms with E-state index in [0.717, 1.165) is 38.1 Å². The van der Waals surface area contributed by atoms with E-state index in [4.69, 9.17) is 11.5 Å². The Morgan fingerprint density at radius 1 is 0.781 bits per heavy atom. The Morgan fingerprint density at radius 3 is 2.10 bits per heavy atom. The second-order valence-corrected chi connectivity index (χ2v) is 21.5. The number of phenols is 1. The summed E-state index contributed by atoms with van der Waals surface area (Å²) in [6, 6.07) is 9.96. The smallest absolute Gasteiger partial charge is 0.245 e. The van der Waals surface area contributed by atoms with Gasteiger partial charge in [0.15, 0.2) is 0 Å². The number of para-hydroxylation sites is 1. The molecule has 73 heavy (non-hydrogen) atoms. The normalized spacial score (nSPS) is 22.5. The number of carbonyl (C=O) groups excluding carboxylic acids is 7. The molecule has 2 heterocycles. The van der Waals surface area contributed by atoms with Crippen LogP contribution in [0, 0.1) is 3.57 Å². The Kier molecular flexibility index (Phi) is 23.1. The largest absolute Gasteiger partial charge is 0.507 e. The molecule has 0 saturated carbocycles. The van der Waals surface area contributed by atoms with Gasteiger partial charge in [-0.25, -0.2) is 0 Å². The highest BCUT2D eigenvalue weighted by atomic mass is 127. The van der Waals surface area contributed by atoms with Gasteiger partial charge in [0, 0.05) is 41.4 Å². The molecule has 5 rings (SSSR count). The van der Waals surface area contributed by atoms with Gasteiger partial charge in [0.2, 0.25) is 41.4 Å². The Morgan fingerprint density at radius 2 is 1.42 bits per heavy atom. The predicted molar refractivity (Wildman–Crippen MR) is 286 cm³/mol. The lowest BCUT2D eigenvalue weighted by atomic mass is 10.0. The number of carbonyl (C=O) groups is 7. The van der Waals surface area contributed by atoms with Crippen LogP contribution < -0.4 is 48.7 Å². The molecule has 1 aromatic heterocycles. The van der Waals surface area contributed by atoms with Crippen molar-refractivity contribution in [2.75, 3.05) is 24.7 Å². The quantitative estimate of drug-likeness (QED) is 0.0360. The number of aromatic amines is 1. The second kappa shape index (κ2) is 28.8. The van der Waals surface area contributed by atoms with Crippen LogP contribution in [-0.4, -0.2) is 152 Å². The molecule has 0 radical (unpaired) electrons. The number of unbranched alkanes of at least 4 members (excludes halogenated alkanes) is 1. The summed E-state index contributed by atoms with van der Waals surface area (Å²) >= 11 is 1.92. The van der Waals surface area contributed by atoms with Crippen molar-refractivity contribution in [1.82, 2.24) is 42.2 Å². The van der Waals surface area contributed by atoms with Crippen molar-refractivity contribution in [3.8, 4) is 5.75 Å². The average molecular weight is 1160 g/mol. The van der Waals surface area contributed by atoms with Crippen LogP contribution in [0.15, 0.2) is 79.0 Å². The summed E-state index contributed by atoms with van der Waals surface area (Å²) in [5.41, 5.74) is 14.8. The number of halogens is 1. The van der Waals surface area contributed by atoms with Gasteiger partial charge in [0.1, 0.15) is 42.0 Å². The highest BCUT2D eigenvalue weighted by Crippen LogP contribution is 2.25. The average Bonchev–Trinajstić information content (AvgIpc) is 3.77. The van der Waals surface area contributed by atoms with Crippen LogP contribution in [0.4, 0.5) is 0 Å². The molecule has 4 aromatic rings. The number of fused-ring (bicyclic) bond motifs is 1. The zero-order chi connectivity index (χ0) is 53.2. The van der Waals surface area contributed by atoms with Crippen LogP contribution in [0.25, 0.3) is 10.9 Å². The summed E-state index contributed by atoms with van der Waals surface area (Å²) in [4.78, 5) is 103. The van der Waals surface area contributed by atoms with Gasteiger partial charge in [-0.15, -0.1) is 0 Å². The van der Waals surface area contributed by atoms with E-state index in [1.807, 2.05) is 46.9 Å². The van der Waals surface area contributed by atoms with E-state index in [2.05, 4.69) is 42.2 Å². The molecule has 16 N–H and O–H groups in total. The number of hydrogen-bond donors (Lipinski definition) is 14. The minimum absolute atomic E-state index is 0.0117. The second-order valence-electron chi connectivity index (χ2n) is 17.8. The third kappa shape index (κ3) is 17.6. The number of nitrogens with two attached hydrogens (primary N) is 2. The van der Waals surface area contributed by atoms with E-state index in [0.29, 0.717) is 27.5 Å². The van der Waals surface area contributed by atoms with Crippen LogP contribution in [0.5, 0.6) is 5.75 Å². The van der Waals surface area contributed by atoms with E-state index in [9.17, 15) is 54.0 Å². The molecule has 0 spiro atoms. The summed E-state index contributed by atoms with van der Waals surface area (Å²) in [6.45, 7) is 2.18. The molecule has 1 aliphatic heterocycles. The lowest BCUT2D eigenvalue weighted by molar-refractivity contribution is -0.136. The van der Waals surface area contributed by atoms with Crippen LogP contribution in [0.1, 0.15) is 49.8 Å². The van der Waals surface area contributed by atoms with E-state index in [-0.39, 0.29) is 49.5 Å². The number of hydrogen-bond acceptors (Lipinski definition) is 15. The number of amides is 7. The first-order valence-corrected chi connectivity index (χ1v) is 27.3. The number of phenolic OH excluding ortho intramolecular Hbond substituents is 1. The maximum atomic E-state index is 14.8. The minimum Gasteiger partial charge on any atom is -0.507 e. The molecule has 1 saturated heterocycles. The monoisotopic (exact) mass is 1160 g/mol. The van der Waals surface area contributed by atoms with Crippen molar-refractivity contribution >= 4 is 96.4 Å².